The maximum Gasteiger partial charge on any atom is 0.249 e. The number of rotatable bonds is 15. The molecule has 0 spiro atoms. The van der Waals surface area contributed by atoms with E-state index in [1.165, 1.54) is 0 Å². The Morgan fingerprint density at radius 2 is 1.01 bits per heavy atom. The number of piperazine rings is 1. The van der Waals surface area contributed by atoms with Gasteiger partial charge in [-0.15, -0.1) is 23.5 Å². The lowest BCUT2D eigenvalue weighted by atomic mass is 9.79. The highest BCUT2D eigenvalue weighted by Gasteiger charge is 2.56. The van der Waals surface area contributed by atoms with Gasteiger partial charge in [0, 0.05) is 38.5 Å². The van der Waals surface area contributed by atoms with Gasteiger partial charge >= 0.3 is 0 Å². The van der Waals surface area contributed by atoms with Crippen LogP contribution in [0.2, 0.25) is 0 Å². The average molecular weight is 1340 g/mol. The molecule has 5 saturated heterocycles. The molecule has 80 heavy (non-hydrogen) atoms. The average Bonchev–Trinajstić information content (AvgIpc) is 3.67. The molecule has 460 valence electrons. The van der Waals surface area contributed by atoms with Crippen LogP contribution in [0.1, 0.15) is 110 Å². The van der Waals surface area contributed by atoms with Gasteiger partial charge in [0.1, 0.15) is 24.2 Å². The zero-order valence-electron chi connectivity index (χ0n) is 46.9. The first kappa shape index (κ1) is 85.0. The van der Waals surface area contributed by atoms with E-state index in [2.05, 4.69) is 21.3 Å². The van der Waals surface area contributed by atoms with Crippen molar-refractivity contribution in [3.05, 3.63) is 71.8 Å². The van der Waals surface area contributed by atoms with Crippen molar-refractivity contribution in [2.75, 3.05) is 44.7 Å². The summed E-state index contributed by atoms with van der Waals surface area (Å²) in [7, 11) is 1.68. The minimum atomic E-state index is -1.09. The number of fused-ring (bicyclic) bond motifs is 2. The Bertz CT molecular complexity index is 2150. The van der Waals surface area contributed by atoms with Crippen LogP contribution in [0, 0.1) is 16.7 Å². The number of hydrogen-bond donors (Lipinski definition) is 4. The standard InChI is InChI=1S/C52H72N8O8S2.10H2S/c1-9-31(2)44(62)54-36-20-26-70-40-30-52(6,7)43(60(40)49(36)67)46(64)56-41(34-18-14-11-15-19-34)50(68)58-24-22-57(23-25-58)47(65)35(33-16-12-10-13-17-33)28-38(61)42-51(4,5)29-39-59(42)48(66)37(21-27-69-39)55-45(63)32(3)53-8;;;;;;;;;;/h10-19,31-32,35-37,39-43,53H,9,20-30H2,1-8H3,(H,54,62)(H,55,63)(H,56,64);10*1H2/t31-,32+,35+,36+,37+,39+,40+,41+,42?,43-;;;;;;;;;;/m1........../s1. The second-order valence-corrected chi connectivity index (χ2v) is 23.6. The molecule has 2 aromatic carbocycles. The Balaban J connectivity index is -0.00000289. The molecule has 10 atom stereocenters. The van der Waals surface area contributed by atoms with E-state index in [1.807, 2.05) is 77.9 Å². The molecule has 5 aliphatic heterocycles. The molecule has 0 aromatic heterocycles. The second kappa shape index (κ2) is 37.2. The Morgan fingerprint density at radius 1 is 0.600 bits per heavy atom. The van der Waals surface area contributed by atoms with Crippen molar-refractivity contribution in [2.45, 2.75) is 140 Å². The first-order chi connectivity index (χ1) is 33.3. The van der Waals surface area contributed by atoms with Gasteiger partial charge in [0.2, 0.25) is 41.4 Å². The molecule has 7 amide bonds. The Labute approximate surface area is 553 Å². The maximum absolute atomic E-state index is 14.8. The molecule has 5 aliphatic rings. The third kappa shape index (κ3) is 19.3. The summed E-state index contributed by atoms with van der Waals surface area (Å²) in [5.74, 6) is -2.20. The van der Waals surface area contributed by atoms with Crippen LogP contribution in [0.3, 0.4) is 0 Å². The van der Waals surface area contributed by atoms with Gasteiger partial charge in [0.15, 0.2) is 5.78 Å². The van der Waals surface area contributed by atoms with Crippen LogP contribution in [0.4, 0.5) is 0 Å². The van der Waals surface area contributed by atoms with Crippen LogP contribution in [0.15, 0.2) is 60.7 Å². The number of ketones is 1. The van der Waals surface area contributed by atoms with E-state index in [9.17, 15) is 38.4 Å². The fourth-order valence-corrected chi connectivity index (χ4v) is 13.9. The second-order valence-electron chi connectivity index (χ2n) is 21.0. The molecular formula is C52H92N8O8S12. The van der Waals surface area contributed by atoms with E-state index >= 15 is 0 Å². The van der Waals surface area contributed by atoms with Gasteiger partial charge < -0.3 is 40.9 Å². The minimum Gasteiger partial charge on any atom is -0.344 e. The van der Waals surface area contributed by atoms with Gasteiger partial charge in [-0.2, -0.15) is 135 Å². The monoisotopic (exact) mass is 1340 g/mol. The summed E-state index contributed by atoms with van der Waals surface area (Å²) >= 11 is 3.23. The molecule has 5 fully saturated rings. The van der Waals surface area contributed by atoms with E-state index in [0.29, 0.717) is 54.7 Å². The highest BCUT2D eigenvalue weighted by Crippen LogP contribution is 2.48. The van der Waals surface area contributed by atoms with E-state index in [1.54, 1.807) is 81.4 Å². The van der Waals surface area contributed by atoms with E-state index in [-0.39, 0.29) is 225 Å². The van der Waals surface area contributed by atoms with Crippen LogP contribution in [-0.2, 0) is 38.4 Å². The normalized spacial score (nSPS) is 23.6. The number of nitrogens with one attached hydrogen (secondary N) is 4. The predicted octanol–water partition coefficient (Wildman–Crippen LogP) is 5.19. The third-order valence-corrected chi connectivity index (χ3v) is 17.6. The van der Waals surface area contributed by atoms with Crippen LogP contribution < -0.4 is 21.3 Å². The molecule has 7 rings (SSSR count). The first-order valence-corrected chi connectivity index (χ1v) is 27.0. The quantitative estimate of drug-likeness (QED) is 0.183. The minimum absolute atomic E-state index is 0. The summed E-state index contributed by atoms with van der Waals surface area (Å²) in [6.07, 6.45) is 2.53. The van der Waals surface area contributed by atoms with Crippen LogP contribution >= 0.6 is 158 Å². The number of likely N-dealkylation sites (N-methyl/N-ethyl adjacent to an activating group) is 1. The molecule has 0 aliphatic carbocycles. The van der Waals surface area contributed by atoms with Crippen molar-refractivity contribution < 1.29 is 38.4 Å². The zero-order chi connectivity index (χ0) is 50.7. The molecule has 0 radical (unpaired) electrons. The number of Topliss-reactive ketones (excluding diaryl/α,β-unsaturated/α-hetero) is 1. The van der Waals surface area contributed by atoms with Crippen LogP contribution in [-0.4, -0.2) is 152 Å². The number of thioether (sulfide) groups is 2. The summed E-state index contributed by atoms with van der Waals surface area (Å²) in [6.45, 7) is 14.1. The molecule has 4 N–H and O–H groups in total. The molecule has 28 heteroatoms. The van der Waals surface area contributed by atoms with Gasteiger partial charge in [-0.05, 0) is 79.5 Å². The Hall–Kier alpha value is -1.44. The molecule has 1 unspecified atom stereocenters. The van der Waals surface area contributed by atoms with Gasteiger partial charge in [0.25, 0.3) is 0 Å². The topological polar surface area (TPSA) is 198 Å². The van der Waals surface area contributed by atoms with Crippen molar-refractivity contribution in [1.29, 1.82) is 0 Å². The summed E-state index contributed by atoms with van der Waals surface area (Å²) in [6, 6.07) is 13.3. The Morgan fingerprint density at radius 3 is 1.46 bits per heavy atom. The van der Waals surface area contributed by atoms with Crippen molar-refractivity contribution in [2.24, 2.45) is 16.7 Å². The molecule has 0 saturated carbocycles. The SMILES string of the molecule is CC[C@@H](C)C(=O)N[C@H]1CCS[C@H]2CC(C)(C)[C@@H](C(=O)N[C@H](C(=O)N3CCN(C(=O)[C@@H](CC(=O)C4N5C(=O)[C@@H](NC(=O)[C@H](C)NC)CCS[C@H]5CC4(C)C)c4ccccc4)CC3)c3ccccc3)N2C1=O.S.S.S.S.S.S.S.S.S.S. The summed E-state index contributed by atoms with van der Waals surface area (Å²) in [5.41, 5.74) is 0.00188. The van der Waals surface area contributed by atoms with Gasteiger partial charge in [0.05, 0.1) is 28.7 Å². The summed E-state index contributed by atoms with van der Waals surface area (Å²) in [5, 5.41) is 11.3. The predicted molar refractivity (Wildman–Crippen MR) is 375 cm³/mol. The number of nitrogens with zero attached hydrogens (tertiary/aromatic N) is 4. The smallest absolute Gasteiger partial charge is 0.249 e. The van der Waals surface area contributed by atoms with Crippen molar-refractivity contribution in [3.63, 3.8) is 0 Å². The van der Waals surface area contributed by atoms with E-state index in [4.69, 9.17) is 0 Å². The number of amides is 7. The number of hydrogen-bond acceptors (Lipinski definition) is 11. The van der Waals surface area contributed by atoms with E-state index in [0.717, 1.165) is 0 Å². The van der Waals surface area contributed by atoms with Crippen molar-refractivity contribution >= 4 is 206 Å². The lowest BCUT2D eigenvalue weighted by Gasteiger charge is -2.39. The highest BCUT2D eigenvalue weighted by molar-refractivity contribution is 8.00. The summed E-state index contributed by atoms with van der Waals surface area (Å²) in [4.78, 5) is 120. The Kier molecular flexibility index (Phi) is 39.5. The summed E-state index contributed by atoms with van der Waals surface area (Å²) < 4.78 is 0. The van der Waals surface area contributed by atoms with Crippen molar-refractivity contribution in [3.8, 4) is 0 Å². The zero-order valence-corrected chi connectivity index (χ0v) is 58.5. The molecule has 2 aromatic rings. The van der Waals surface area contributed by atoms with Crippen LogP contribution in [0.25, 0.3) is 0 Å². The number of carbonyl (C=O) groups excluding carboxylic acids is 8. The van der Waals surface area contributed by atoms with Crippen LogP contribution in [0.5, 0.6) is 0 Å². The molecule has 0 bridgehead atoms. The van der Waals surface area contributed by atoms with Gasteiger partial charge in [-0.3, -0.25) is 38.4 Å². The van der Waals surface area contributed by atoms with Crippen molar-refractivity contribution in [1.82, 2.24) is 40.9 Å². The maximum atomic E-state index is 14.8. The molecule has 5 heterocycles. The highest BCUT2D eigenvalue weighted by atomic mass is 32.2. The fraction of sp³-hybridized carbons (Fsp3) is 0.615. The molecular weight excluding hydrogens is 1250 g/mol. The number of carbonyl (C=O) groups is 8. The molecule has 16 nitrogen and oxygen atoms in total. The third-order valence-electron chi connectivity index (χ3n) is 15.1. The lowest BCUT2D eigenvalue weighted by Crippen LogP contribution is -2.59. The number of benzene rings is 2. The fourth-order valence-electron chi connectivity index (χ4n) is 10.8. The largest absolute Gasteiger partial charge is 0.344 e. The van der Waals surface area contributed by atoms with Gasteiger partial charge in [-0.25, -0.2) is 0 Å². The van der Waals surface area contributed by atoms with E-state index < -0.39 is 58.9 Å². The lowest BCUT2D eigenvalue weighted by molar-refractivity contribution is -0.147. The van der Waals surface area contributed by atoms with Gasteiger partial charge in [-0.1, -0.05) is 102 Å². The first-order valence-electron chi connectivity index (χ1n) is 24.9.